The van der Waals surface area contributed by atoms with E-state index in [9.17, 15) is 49.1 Å². The monoisotopic (exact) mass is 597 g/mol. The Morgan fingerprint density at radius 2 is 1.41 bits per heavy atom. The summed E-state index contributed by atoms with van der Waals surface area (Å²) in [6, 6.07) is 1.70. The van der Waals surface area contributed by atoms with E-state index >= 15 is 0 Å². The first-order valence-corrected chi connectivity index (χ1v) is 12.2. The smallest absolute Gasteiger partial charge is 0.416 e. The molecule has 2 atom stereocenters. The van der Waals surface area contributed by atoms with Gasteiger partial charge in [-0.2, -0.15) is 39.5 Å². The molecule has 1 heterocycles. The molecule has 0 aromatic heterocycles. The van der Waals surface area contributed by atoms with Gasteiger partial charge < -0.3 is 9.47 Å². The summed E-state index contributed by atoms with van der Waals surface area (Å²) >= 11 is 0. The highest BCUT2D eigenvalue weighted by atomic mass is 19.4. The molecular weight excluding hydrogens is 573 g/mol. The average Bonchev–Trinajstić information content (AvgIpc) is 2.87. The zero-order chi connectivity index (χ0) is 30.9. The van der Waals surface area contributed by atoms with Gasteiger partial charge in [-0.25, -0.2) is 4.79 Å². The van der Waals surface area contributed by atoms with E-state index in [0.717, 1.165) is 18.1 Å². The number of anilines is 1. The van der Waals surface area contributed by atoms with Crippen molar-refractivity contribution in [2.75, 3.05) is 18.6 Å². The molecule has 41 heavy (non-hydrogen) atoms. The molecule has 0 N–H and O–H groups in total. The number of rotatable bonds is 6. The van der Waals surface area contributed by atoms with Gasteiger partial charge in [0.05, 0.1) is 42.1 Å². The summed E-state index contributed by atoms with van der Waals surface area (Å²) in [6.07, 6.45) is -14.7. The van der Waals surface area contributed by atoms with Crippen LogP contribution in [0.5, 0.6) is 0 Å². The maximum Gasteiger partial charge on any atom is 0.416 e. The summed E-state index contributed by atoms with van der Waals surface area (Å²) in [4.78, 5) is 27.0. The van der Waals surface area contributed by atoms with E-state index < -0.39 is 70.4 Å². The van der Waals surface area contributed by atoms with Crippen molar-refractivity contribution in [3.8, 4) is 0 Å². The largest absolute Gasteiger partial charge is 0.468 e. The van der Waals surface area contributed by atoms with Gasteiger partial charge in [0.25, 0.3) is 0 Å². The third kappa shape index (κ3) is 6.79. The molecule has 0 aliphatic carbocycles. The minimum absolute atomic E-state index is 0.101. The Bertz CT molecular complexity index is 1300. The highest BCUT2D eigenvalue weighted by Gasteiger charge is 2.42. The number of halogens is 9. The van der Waals surface area contributed by atoms with Gasteiger partial charge in [0.1, 0.15) is 5.92 Å². The Morgan fingerprint density at radius 1 is 0.854 bits per heavy atom. The van der Waals surface area contributed by atoms with Crippen molar-refractivity contribution in [2.45, 2.75) is 57.2 Å². The van der Waals surface area contributed by atoms with E-state index in [1.54, 1.807) is 6.92 Å². The van der Waals surface area contributed by atoms with Crippen molar-refractivity contribution in [3.63, 3.8) is 0 Å². The zero-order valence-electron chi connectivity index (χ0n) is 21.8. The Morgan fingerprint density at radius 3 is 1.88 bits per heavy atom. The van der Waals surface area contributed by atoms with E-state index in [4.69, 9.17) is 9.47 Å². The van der Waals surface area contributed by atoms with E-state index in [1.165, 1.54) is 13.0 Å². The summed E-state index contributed by atoms with van der Waals surface area (Å²) in [5.41, 5.74) is -6.45. The normalized spacial score (nSPS) is 16.5. The van der Waals surface area contributed by atoms with Gasteiger partial charge >= 0.3 is 30.6 Å². The van der Waals surface area contributed by atoms with Crippen LogP contribution in [0.25, 0.3) is 5.57 Å². The number of amides is 1. The fourth-order valence-electron chi connectivity index (χ4n) is 4.60. The molecule has 0 radical (unpaired) electrons. The van der Waals surface area contributed by atoms with E-state index in [0.29, 0.717) is 30.7 Å². The highest BCUT2D eigenvalue weighted by Crippen LogP contribution is 2.47. The summed E-state index contributed by atoms with van der Waals surface area (Å²) < 4.78 is 133. The minimum Gasteiger partial charge on any atom is -0.468 e. The Kier molecular flexibility index (Phi) is 9.04. The lowest BCUT2D eigenvalue weighted by Crippen LogP contribution is -2.43. The number of esters is 1. The summed E-state index contributed by atoms with van der Waals surface area (Å²) in [5.74, 6) is -3.35. The van der Waals surface area contributed by atoms with Gasteiger partial charge in [-0.15, -0.1) is 0 Å². The second-order valence-electron chi connectivity index (χ2n) is 9.07. The maximum absolute atomic E-state index is 13.7. The molecule has 14 heteroatoms. The Hall–Kier alpha value is -3.71. The van der Waals surface area contributed by atoms with Crippen LogP contribution in [-0.4, -0.2) is 31.8 Å². The van der Waals surface area contributed by atoms with Crippen molar-refractivity contribution >= 4 is 23.3 Å². The van der Waals surface area contributed by atoms with Crippen LogP contribution in [0.1, 0.15) is 60.4 Å². The topological polar surface area (TPSA) is 55.8 Å². The zero-order valence-corrected chi connectivity index (χ0v) is 21.8. The van der Waals surface area contributed by atoms with Crippen LogP contribution in [0.15, 0.2) is 42.5 Å². The molecule has 0 spiro atoms. The Balaban J connectivity index is 2.42. The first-order chi connectivity index (χ1) is 18.9. The van der Waals surface area contributed by atoms with Gasteiger partial charge in [0.2, 0.25) is 0 Å². The average molecular weight is 597 g/mol. The van der Waals surface area contributed by atoms with Gasteiger partial charge in [-0.05, 0) is 60.9 Å². The third-order valence-electron chi connectivity index (χ3n) is 6.34. The number of hydrogen-bond acceptors (Lipinski definition) is 4. The molecule has 2 aromatic carbocycles. The molecule has 0 bridgehead atoms. The standard InChI is InChI=1S/C27H24F9NO4/c1-4-6-18-13-20(19-12-15(25(28,29)30)7-8-21(19)37(18)24(39)41-5-2)22(23(38)40-3)14-9-16(26(31,32)33)11-17(10-14)27(34,35)36/h7-13,18,22H,4-6H2,1-3H3/t18-,22?/m1/s1. The molecule has 0 saturated heterocycles. The number of methoxy groups -OCH3 is 1. The van der Waals surface area contributed by atoms with Gasteiger partial charge in [0, 0.05) is 5.56 Å². The summed E-state index contributed by atoms with van der Waals surface area (Å²) in [7, 11) is 0.832. The summed E-state index contributed by atoms with van der Waals surface area (Å²) in [5, 5.41) is 0. The number of alkyl halides is 9. The van der Waals surface area contributed by atoms with Crippen molar-refractivity contribution in [1.82, 2.24) is 0 Å². The lowest BCUT2D eigenvalue weighted by atomic mass is 9.80. The highest BCUT2D eigenvalue weighted by molar-refractivity contribution is 6.02. The number of fused-ring (bicyclic) bond motifs is 1. The number of hydrogen-bond donors (Lipinski definition) is 0. The first-order valence-electron chi connectivity index (χ1n) is 12.2. The molecule has 1 unspecified atom stereocenters. The number of nitrogens with zero attached hydrogens (tertiary/aromatic N) is 1. The lowest BCUT2D eigenvalue weighted by Gasteiger charge is -2.37. The van der Waals surface area contributed by atoms with Crippen molar-refractivity contribution in [3.05, 3.63) is 70.3 Å². The second kappa shape index (κ2) is 11.6. The lowest BCUT2D eigenvalue weighted by molar-refractivity contribution is -0.144. The summed E-state index contributed by atoms with van der Waals surface area (Å²) in [6.45, 7) is 3.10. The van der Waals surface area contributed by atoms with Crippen molar-refractivity contribution in [1.29, 1.82) is 0 Å². The van der Waals surface area contributed by atoms with Crippen LogP contribution in [0, 0.1) is 0 Å². The van der Waals surface area contributed by atoms with Crippen LogP contribution < -0.4 is 4.90 Å². The Labute approximate surface area is 228 Å². The minimum atomic E-state index is -5.26. The third-order valence-corrected chi connectivity index (χ3v) is 6.34. The fraction of sp³-hybridized carbons (Fsp3) is 0.407. The molecule has 224 valence electrons. The maximum atomic E-state index is 13.7. The molecule has 2 aromatic rings. The molecule has 1 amide bonds. The number of carbonyl (C=O) groups is 2. The van der Waals surface area contributed by atoms with Crippen LogP contribution in [-0.2, 0) is 32.8 Å². The molecule has 0 saturated carbocycles. The van der Waals surface area contributed by atoms with Crippen LogP contribution in [0.3, 0.4) is 0 Å². The predicted molar refractivity (Wildman–Crippen MR) is 129 cm³/mol. The van der Waals surface area contributed by atoms with E-state index in [-0.39, 0.29) is 30.4 Å². The molecular formula is C27H24F9NO4. The van der Waals surface area contributed by atoms with Gasteiger partial charge in [-0.1, -0.05) is 19.4 Å². The predicted octanol–water partition coefficient (Wildman–Crippen LogP) is 8.23. The second-order valence-corrected chi connectivity index (χ2v) is 9.07. The molecule has 1 aliphatic rings. The van der Waals surface area contributed by atoms with E-state index in [2.05, 4.69) is 0 Å². The molecule has 3 rings (SSSR count). The molecule has 0 fully saturated rings. The molecule has 5 nitrogen and oxygen atoms in total. The number of ether oxygens (including phenoxy) is 2. The number of carbonyl (C=O) groups excluding carboxylic acids is 2. The van der Waals surface area contributed by atoms with Crippen LogP contribution in [0.4, 0.5) is 50.0 Å². The quantitative estimate of drug-likeness (QED) is 0.249. The first kappa shape index (κ1) is 31.8. The van der Waals surface area contributed by atoms with Crippen molar-refractivity contribution < 1.29 is 58.6 Å². The molecule has 1 aliphatic heterocycles. The van der Waals surface area contributed by atoms with Crippen LogP contribution >= 0.6 is 0 Å². The fourth-order valence-corrected chi connectivity index (χ4v) is 4.60. The van der Waals surface area contributed by atoms with Crippen LogP contribution in [0.2, 0.25) is 0 Å². The van der Waals surface area contributed by atoms with Gasteiger partial charge in [-0.3, -0.25) is 9.69 Å². The SMILES string of the molecule is CCC[C@@H]1C=C(C(C(=O)OC)c2cc(C(F)(F)F)cc(C(F)(F)F)c2)c2cc(C(F)(F)F)ccc2N1C(=O)OCC. The van der Waals surface area contributed by atoms with E-state index in [1.807, 2.05) is 0 Å². The number of benzene rings is 2. The van der Waals surface area contributed by atoms with Crippen molar-refractivity contribution in [2.24, 2.45) is 0 Å². The van der Waals surface area contributed by atoms with Gasteiger partial charge in [0.15, 0.2) is 0 Å².